The summed E-state index contributed by atoms with van der Waals surface area (Å²) in [4.78, 5) is 28.5. The zero-order valence-corrected chi connectivity index (χ0v) is 19.9. The molecule has 0 spiro atoms. The van der Waals surface area contributed by atoms with E-state index < -0.39 is 0 Å². The van der Waals surface area contributed by atoms with Crippen molar-refractivity contribution in [1.82, 2.24) is 24.8 Å². The van der Waals surface area contributed by atoms with E-state index in [0.717, 1.165) is 26.3 Å². The van der Waals surface area contributed by atoms with Crippen molar-refractivity contribution in [2.24, 2.45) is 7.05 Å². The minimum atomic E-state index is -0.283. The van der Waals surface area contributed by atoms with Gasteiger partial charge in [0, 0.05) is 28.7 Å². The molecule has 8 nitrogen and oxygen atoms in total. The number of hydrogen-bond donors (Lipinski definition) is 1. The molecule has 0 atom stereocenters. The van der Waals surface area contributed by atoms with Crippen LogP contribution in [-0.4, -0.2) is 30.7 Å². The fraction of sp³-hybridized carbons (Fsp3) is 0.120. The highest BCUT2D eigenvalue weighted by atomic mass is 79.9. The van der Waals surface area contributed by atoms with Crippen molar-refractivity contribution >= 4 is 49.5 Å². The number of aryl methyl sites for hydroxylation is 1. The van der Waals surface area contributed by atoms with E-state index in [9.17, 15) is 4.79 Å². The smallest absolute Gasteiger partial charge is 0.277 e. The highest BCUT2D eigenvalue weighted by Gasteiger charge is 2.20. The van der Waals surface area contributed by atoms with E-state index >= 15 is 0 Å². The Morgan fingerprint density at radius 1 is 1.09 bits per heavy atom. The Morgan fingerprint density at radius 3 is 2.68 bits per heavy atom. The molecule has 34 heavy (non-hydrogen) atoms. The molecule has 5 rings (SSSR count). The number of carbonyl (C=O) groups is 1. The van der Waals surface area contributed by atoms with Gasteiger partial charge in [0.05, 0.1) is 34.9 Å². The molecule has 0 aliphatic heterocycles. The lowest BCUT2D eigenvalue weighted by molar-refractivity contribution is -0.140. The molecule has 3 aromatic heterocycles. The number of anilines is 1. The van der Waals surface area contributed by atoms with E-state index in [1.807, 2.05) is 55.6 Å². The number of nitrogen functional groups attached to an aromatic ring is 1. The van der Waals surface area contributed by atoms with Crippen LogP contribution in [0.2, 0.25) is 0 Å². The molecule has 0 aliphatic rings. The normalized spacial score (nSPS) is 11.2. The van der Waals surface area contributed by atoms with Gasteiger partial charge in [-0.25, -0.2) is 10.0 Å². The Morgan fingerprint density at radius 2 is 1.91 bits per heavy atom. The molecule has 0 saturated heterocycles. The molecule has 2 N–H and O–H groups in total. The number of fused-ring (bicyclic) bond motifs is 3. The van der Waals surface area contributed by atoms with Crippen molar-refractivity contribution in [2.75, 3.05) is 5.73 Å². The lowest BCUT2D eigenvalue weighted by atomic mass is 10.1. The maximum Gasteiger partial charge on any atom is 0.277 e. The summed E-state index contributed by atoms with van der Waals surface area (Å²) in [5.41, 5.74) is 9.74. The fourth-order valence-electron chi connectivity index (χ4n) is 3.78. The monoisotopic (exact) mass is 516 g/mol. The number of pyridine rings is 2. The van der Waals surface area contributed by atoms with Gasteiger partial charge in [0.1, 0.15) is 12.4 Å². The minimum absolute atomic E-state index is 0.193. The zero-order valence-electron chi connectivity index (χ0n) is 18.4. The van der Waals surface area contributed by atoms with Crippen LogP contribution in [0, 0.1) is 0 Å². The predicted molar refractivity (Wildman–Crippen MR) is 133 cm³/mol. The lowest BCUT2D eigenvalue weighted by Gasteiger charge is -2.22. The topological polar surface area (TPSA) is 99.2 Å². The molecule has 0 bridgehead atoms. The van der Waals surface area contributed by atoms with Crippen LogP contribution in [0.25, 0.3) is 21.8 Å². The lowest BCUT2D eigenvalue weighted by Crippen LogP contribution is -2.31. The molecular formula is C25H21BrN6O2. The summed E-state index contributed by atoms with van der Waals surface area (Å²) in [6.07, 6.45) is 3.38. The van der Waals surface area contributed by atoms with E-state index in [2.05, 4.69) is 31.0 Å². The molecule has 0 fully saturated rings. The number of hydrogen-bond acceptors (Lipinski definition) is 6. The molecular weight excluding hydrogens is 496 g/mol. The molecule has 3 heterocycles. The van der Waals surface area contributed by atoms with Gasteiger partial charge in [-0.3, -0.25) is 19.3 Å². The molecule has 0 aliphatic carbocycles. The van der Waals surface area contributed by atoms with Gasteiger partial charge in [0.15, 0.2) is 0 Å². The summed E-state index contributed by atoms with van der Waals surface area (Å²) in [5.74, 6) is 0.124. The number of nitrogens with zero attached hydrogens (tertiary/aromatic N) is 5. The minimum Gasteiger partial charge on any atom is -0.383 e. The first-order valence-corrected chi connectivity index (χ1v) is 11.4. The maximum atomic E-state index is 13.6. The summed E-state index contributed by atoms with van der Waals surface area (Å²) in [7, 11) is 1.84. The molecule has 1 amide bonds. The second kappa shape index (κ2) is 9.20. The van der Waals surface area contributed by atoms with Crippen molar-refractivity contribution in [3.8, 4) is 0 Å². The first-order valence-electron chi connectivity index (χ1n) is 10.6. The summed E-state index contributed by atoms with van der Waals surface area (Å²) in [6, 6.07) is 18.8. The average molecular weight is 517 g/mol. The Kier molecular flexibility index (Phi) is 5.95. The number of benzene rings is 2. The molecule has 9 heteroatoms. The third kappa shape index (κ3) is 4.35. The average Bonchev–Trinajstić information content (AvgIpc) is 3.25. The van der Waals surface area contributed by atoms with E-state index in [-0.39, 0.29) is 19.1 Å². The number of aromatic nitrogens is 4. The van der Waals surface area contributed by atoms with E-state index in [1.165, 1.54) is 5.06 Å². The second-order valence-electron chi connectivity index (χ2n) is 7.83. The SMILES string of the molecule is Cn1ncc2c(N)nc3ccc(C(=O)N(Cc4ccc(Br)cn4)OCc4ccccc4)cc3c21. The number of nitrogens with two attached hydrogens (primary N) is 1. The van der Waals surface area contributed by atoms with Crippen molar-refractivity contribution in [1.29, 1.82) is 0 Å². The predicted octanol–water partition coefficient (Wildman–Crippen LogP) is 4.64. The van der Waals surface area contributed by atoms with Crippen molar-refractivity contribution < 1.29 is 9.63 Å². The van der Waals surface area contributed by atoms with Gasteiger partial charge in [-0.15, -0.1) is 0 Å². The van der Waals surface area contributed by atoms with Crippen molar-refractivity contribution in [3.63, 3.8) is 0 Å². The Hall–Kier alpha value is -3.82. The number of halogens is 1. The summed E-state index contributed by atoms with van der Waals surface area (Å²) in [5, 5.41) is 7.19. The van der Waals surface area contributed by atoms with Crippen LogP contribution in [0.4, 0.5) is 5.82 Å². The van der Waals surface area contributed by atoms with Crippen molar-refractivity contribution in [2.45, 2.75) is 13.2 Å². The first kappa shape index (κ1) is 22.0. The second-order valence-corrected chi connectivity index (χ2v) is 8.74. The molecule has 0 unspecified atom stereocenters. The fourth-order valence-corrected chi connectivity index (χ4v) is 4.02. The van der Waals surface area contributed by atoms with Crippen LogP contribution < -0.4 is 5.73 Å². The zero-order chi connectivity index (χ0) is 23.7. The molecule has 2 aromatic carbocycles. The van der Waals surface area contributed by atoms with Crippen LogP contribution in [0.3, 0.4) is 0 Å². The van der Waals surface area contributed by atoms with Gasteiger partial charge < -0.3 is 5.73 Å². The van der Waals surface area contributed by atoms with Crippen LogP contribution in [0.5, 0.6) is 0 Å². The van der Waals surface area contributed by atoms with E-state index in [1.54, 1.807) is 29.2 Å². The van der Waals surface area contributed by atoms with E-state index in [4.69, 9.17) is 10.6 Å². The summed E-state index contributed by atoms with van der Waals surface area (Å²) in [6.45, 7) is 0.443. The van der Waals surface area contributed by atoms with Crippen LogP contribution in [0.1, 0.15) is 21.6 Å². The Bertz CT molecular complexity index is 1480. The molecule has 0 saturated carbocycles. The third-order valence-electron chi connectivity index (χ3n) is 5.50. The summed E-state index contributed by atoms with van der Waals surface area (Å²) >= 11 is 3.39. The quantitative estimate of drug-likeness (QED) is 0.330. The number of rotatable bonds is 6. The maximum absolute atomic E-state index is 13.6. The molecule has 170 valence electrons. The largest absolute Gasteiger partial charge is 0.383 e. The van der Waals surface area contributed by atoms with Crippen LogP contribution >= 0.6 is 15.9 Å². The van der Waals surface area contributed by atoms with Crippen LogP contribution in [0.15, 0.2) is 77.5 Å². The van der Waals surface area contributed by atoms with Gasteiger partial charge in [-0.1, -0.05) is 30.3 Å². The highest BCUT2D eigenvalue weighted by molar-refractivity contribution is 9.10. The highest BCUT2D eigenvalue weighted by Crippen LogP contribution is 2.28. The number of hydroxylamine groups is 2. The Balaban J connectivity index is 1.51. The summed E-state index contributed by atoms with van der Waals surface area (Å²) < 4.78 is 2.60. The van der Waals surface area contributed by atoms with Gasteiger partial charge in [-0.05, 0) is 51.8 Å². The Labute approximate surface area is 204 Å². The first-order chi connectivity index (χ1) is 16.5. The van der Waals surface area contributed by atoms with Crippen LogP contribution in [-0.2, 0) is 25.0 Å². The molecule has 0 radical (unpaired) electrons. The van der Waals surface area contributed by atoms with Gasteiger partial charge >= 0.3 is 0 Å². The number of amides is 1. The third-order valence-corrected chi connectivity index (χ3v) is 5.97. The standard InChI is InChI=1S/C25H21BrN6O2/c1-31-23-20-11-17(7-10-22(20)30-24(27)21(23)13-29-31)25(33)32(14-19-9-8-18(26)12-28-19)34-15-16-5-3-2-4-6-16/h2-13H,14-15H2,1H3,(H2,27,30). The van der Waals surface area contributed by atoms with E-state index in [0.29, 0.717) is 22.6 Å². The molecule has 5 aromatic rings. The van der Waals surface area contributed by atoms with Gasteiger partial charge in [0.2, 0.25) is 0 Å². The van der Waals surface area contributed by atoms with Gasteiger partial charge in [0.25, 0.3) is 5.91 Å². The van der Waals surface area contributed by atoms with Gasteiger partial charge in [-0.2, -0.15) is 5.10 Å². The van der Waals surface area contributed by atoms with Crippen molar-refractivity contribution in [3.05, 3.63) is 94.4 Å². The number of carbonyl (C=O) groups excluding carboxylic acids is 1.